The van der Waals surface area contributed by atoms with Gasteiger partial charge in [-0.3, -0.25) is 28.3 Å². The van der Waals surface area contributed by atoms with E-state index >= 15 is 0 Å². The van der Waals surface area contributed by atoms with Gasteiger partial charge >= 0.3 is 6.09 Å². The number of carbonyl (C=O) groups excluding carboxylic acids is 3. The fourth-order valence-electron chi connectivity index (χ4n) is 10.1. The SMILES string of the molecule is CC(=O)N1CCN(c2ccc(Nc3ncc4ccc(=O)n(CCC5CN(C(=O)OC(C)(C)C)C5)c4n3)cc2)[C@H](C)C1.CC(=O)N1CCN(c2ccc(Nc3ncc4ccc(=O)n(CCC5CNC5)c4n3)cc2)[C@H](C)C1. The van der Waals surface area contributed by atoms with E-state index in [-0.39, 0.29) is 41.1 Å². The van der Waals surface area contributed by atoms with Gasteiger partial charge in [0.15, 0.2) is 0 Å². The van der Waals surface area contributed by atoms with Crippen molar-refractivity contribution in [1.82, 2.24) is 49.1 Å². The average Bonchev–Trinajstić information content (AvgIpc) is 3.34. The molecule has 4 fully saturated rings. The highest BCUT2D eigenvalue weighted by atomic mass is 16.6. The highest BCUT2D eigenvalue weighted by Gasteiger charge is 2.34. The lowest BCUT2D eigenvalue weighted by molar-refractivity contribution is -0.130. The summed E-state index contributed by atoms with van der Waals surface area (Å²) in [6, 6.07) is 23.4. The molecule has 10 rings (SSSR count). The van der Waals surface area contributed by atoms with Crippen LogP contribution >= 0.6 is 0 Å². The van der Waals surface area contributed by atoms with Gasteiger partial charge in [-0.1, -0.05) is 0 Å². The Kier molecular flexibility index (Phi) is 15.7. The lowest BCUT2D eigenvalue weighted by Crippen LogP contribution is -2.53. The van der Waals surface area contributed by atoms with E-state index in [9.17, 15) is 24.0 Å². The second kappa shape index (κ2) is 22.5. The fourth-order valence-corrected chi connectivity index (χ4v) is 10.1. The summed E-state index contributed by atoms with van der Waals surface area (Å²) in [5.41, 5.74) is 4.51. The van der Waals surface area contributed by atoms with Crippen LogP contribution < -0.4 is 36.9 Å². The van der Waals surface area contributed by atoms with Crippen molar-refractivity contribution in [2.24, 2.45) is 11.8 Å². The Hall–Kier alpha value is -7.61. The summed E-state index contributed by atoms with van der Waals surface area (Å²) in [6.45, 7) is 22.0. The number of amides is 3. The van der Waals surface area contributed by atoms with Crippen molar-refractivity contribution >= 4 is 74.6 Å². The number of likely N-dealkylation sites (tertiary alicyclic amines) is 1. The molecule has 20 heteroatoms. The number of anilines is 6. The molecule has 75 heavy (non-hydrogen) atoms. The molecule has 0 saturated carbocycles. The van der Waals surface area contributed by atoms with Crippen molar-refractivity contribution < 1.29 is 19.1 Å². The van der Waals surface area contributed by atoms with Gasteiger partial charge in [0, 0.05) is 149 Å². The van der Waals surface area contributed by atoms with Crippen LogP contribution in [0.1, 0.15) is 61.3 Å². The number of aryl methyl sites for hydroxylation is 2. The Morgan fingerprint density at radius 2 is 1.04 bits per heavy atom. The van der Waals surface area contributed by atoms with Gasteiger partial charge in [-0.05, 0) is 133 Å². The molecule has 0 unspecified atom stereocenters. The van der Waals surface area contributed by atoms with Crippen molar-refractivity contribution in [2.75, 3.05) is 85.9 Å². The zero-order valence-corrected chi connectivity index (χ0v) is 44.2. The molecule has 4 aliphatic rings. The lowest BCUT2D eigenvalue weighted by Gasteiger charge is -2.41. The standard InChI is InChI=1S/C30H39N7O4.C25H31N7O2/c1-20-17-34(21(2)38)14-15-36(20)25-9-7-24(8-10-25)32-28-31-16-23-6-11-26(39)37(27(23)33-28)13-12-22-18-35(19-22)29(40)41-30(3,4)5;1-17-16-30(18(2)33)11-12-31(17)22-6-4-21(5-7-22)28-25-27-15-20-3-8-23(34)32(24(20)29-25)10-9-19-13-26-14-19/h6-11,16,20,22H,12-15,17-19H2,1-5H3,(H,31,32,33);3-8,15,17,19,26H,9-14,16H2,1-2H3,(H,27,28,29)/t20-;17-/m11/s1. The van der Waals surface area contributed by atoms with Gasteiger partial charge in [0.25, 0.3) is 11.1 Å². The third-order valence-corrected chi connectivity index (χ3v) is 14.5. The van der Waals surface area contributed by atoms with E-state index in [2.05, 4.69) is 78.8 Å². The monoisotopic (exact) mass is 1020 g/mol. The summed E-state index contributed by atoms with van der Waals surface area (Å²) < 4.78 is 8.88. The smallest absolute Gasteiger partial charge is 0.410 e. The molecular weight excluding hydrogens is 953 g/mol. The lowest BCUT2D eigenvalue weighted by atomic mass is 9.97. The number of hydrogen-bond acceptors (Lipinski definition) is 15. The van der Waals surface area contributed by atoms with E-state index in [1.54, 1.807) is 64.5 Å². The molecule has 2 aromatic carbocycles. The second-order valence-electron chi connectivity index (χ2n) is 21.3. The summed E-state index contributed by atoms with van der Waals surface area (Å²) in [6.07, 6.45) is 4.90. The molecule has 3 amide bonds. The number of nitrogens with one attached hydrogen (secondary N) is 3. The Labute approximate surface area is 437 Å². The van der Waals surface area contributed by atoms with Crippen molar-refractivity contribution in [2.45, 2.75) is 92.1 Å². The molecule has 4 aromatic heterocycles. The van der Waals surface area contributed by atoms with Crippen LogP contribution in [0.25, 0.3) is 22.1 Å². The van der Waals surface area contributed by atoms with Crippen LogP contribution in [0.15, 0.2) is 94.8 Å². The second-order valence-corrected chi connectivity index (χ2v) is 21.3. The minimum Gasteiger partial charge on any atom is -0.444 e. The van der Waals surface area contributed by atoms with Crippen LogP contribution in [0, 0.1) is 11.8 Å². The normalized spacial score (nSPS) is 18.3. The van der Waals surface area contributed by atoms with E-state index in [1.165, 1.54) is 0 Å². The number of rotatable bonds is 12. The molecule has 0 aliphatic carbocycles. The quantitative estimate of drug-likeness (QED) is 0.128. The van der Waals surface area contributed by atoms with Crippen molar-refractivity contribution in [1.29, 1.82) is 0 Å². The molecule has 8 heterocycles. The van der Waals surface area contributed by atoms with Gasteiger partial charge in [-0.25, -0.2) is 14.8 Å². The first kappa shape index (κ1) is 52.3. The Morgan fingerprint density at radius 3 is 1.43 bits per heavy atom. The van der Waals surface area contributed by atoms with E-state index in [0.717, 1.165) is 92.2 Å². The number of benzene rings is 2. The van der Waals surface area contributed by atoms with Crippen LogP contribution in [0.4, 0.5) is 39.4 Å². The van der Waals surface area contributed by atoms with Gasteiger partial charge in [0.05, 0.1) is 0 Å². The van der Waals surface area contributed by atoms with Gasteiger partial charge in [0.1, 0.15) is 16.9 Å². The first-order valence-corrected chi connectivity index (χ1v) is 26.1. The number of hydrogen-bond donors (Lipinski definition) is 3. The number of ether oxygens (including phenoxy) is 1. The molecule has 20 nitrogen and oxygen atoms in total. The maximum absolute atomic E-state index is 12.8. The van der Waals surface area contributed by atoms with Gasteiger partial charge < -0.3 is 45.2 Å². The third-order valence-electron chi connectivity index (χ3n) is 14.5. The first-order chi connectivity index (χ1) is 35.9. The highest BCUT2D eigenvalue weighted by Crippen LogP contribution is 2.28. The predicted molar refractivity (Wildman–Crippen MR) is 292 cm³/mol. The highest BCUT2D eigenvalue weighted by molar-refractivity contribution is 5.78. The van der Waals surface area contributed by atoms with Crippen molar-refractivity contribution in [3.05, 3.63) is 106 Å². The molecule has 6 aromatic rings. The van der Waals surface area contributed by atoms with Crippen LogP contribution in [0.2, 0.25) is 0 Å². The molecular formula is C55H70N14O6. The number of carbonyl (C=O) groups is 3. The summed E-state index contributed by atoms with van der Waals surface area (Å²) >= 11 is 0. The van der Waals surface area contributed by atoms with Gasteiger partial charge in [0.2, 0.25) is 23.7 Å². The molecule has 2 atom stereocenters. The number of piperazine rings is 2. The first-order valence-electron chi connectivity index (χ1n) is 26.1. The summed E-state index contributed by atoms with van der Waals surface area (Å²) in [7, 11) is 0. The topological polar surface area (TPSA) is 208 Å². The molecule has 4 saturated heterocycles. The zero-order valence-electron chi connectivity index (χ0n) is 44.2. The molecule has 3 N–H and O–H groups in total. The minimum atomic E-state index is -0.516. The van der Waals surface area contributed by atoms with Gasteiger partial charge in [-0.2, -0.15) is 9.97 Å². The Bertz CT molecular complexity index is 3130. The largest absolute Gasteiger partial charge is 0.444 e. The minimum absolute atomic E-state index is 0.0345. The number of nitrogens with zero attached hydrogens (tertiary/aromatic N) is 11. The van der Waals surface area contributed by atoms with E-state index in [1.807, 2.05) is 54.8 Å². The van der Waals surface area contributed by atoms with Crippen LogP contribution in [0.5, 0.6) is 0 Å². The average molecular weight is 1020 g/mol. The van der Waals surface area contributed by atoms with Crippen LogP contribution in [-0.2, 0) is 27.4 Å². The maximum atomic E-state index is 12.8. The summed E-state index contributed by atoms with van der Waals surface area (Å²) in [5.74, 6) is 2.04. The van der Waals surface area contributed by atoms with E-state index < -0.39 is 5.60 Å². The van der Waals surface area contributed by atoms with Crippen molar-refractivity contribution in [3.8, 4) is 0 Å². The van der Waals surface area contributed by atoms with Crippen LogP contribution in [0.3, 0.4) is 0 Å². The van der Waals surface area contributed by atoms with E-state index in [4.69, 9.17) is 9.72 Å². The summed E-state index contributed by atoms with van der Waals surface area (Å²) in [5, 5.41) is 11.5. The maximum Gasteiger partial charge on any atom is 0.410 e. The molecule has 4 aliphatic heterocycles. The molecule has 0 spiro atoms. The third kappa shape index (κ3) is 12.7. The zero-order chi connectivity index (χ0) is 53.0. The number of fused-ring (bicyclic) bond motifs is 2. The number of pyridine rings is 2. The van der Waals surface area contributed by atoms with Gasteiger partial charge in [-0.15, -0.1) is 0 Å². The fraction of sp³-hybridized carbons (Fsp3) is 0.473. The molecule has 0 radical (unpaired) electrons. The molecule has 0 bridgehead atoms. The summed E-state index contributed by atoms with van der Waals surface area (Å²) in [4.78, 5) is 89.4. The van der Waals surface area contributed by atoms with E-state index in [0.29, 0.717) is 67.8 Å². The van der Waals surface area contributed by atoms with Crippen LogP contribution in [-0.4, -0.2) is 145 Å². The number of aromatic nitrogens is 6. The Morgan fingerprint density at radius 1 is 0.600 bits per heavy atom. The van der Waals surface area contributed by atoms with Crippen molar-refractivity contribution in [3.63, 3.8) is 0 Å². The molecule has 396 valence electrons. The predicted octanol–water partition coefficient (Wildman–Crippen LogP) is 6.05. The Balaban J connectivity index is 0.000000187.